The van der Waals surface area contributed by atoms with Gasteiger partial charge in [-0.05, 0) is 43.4 Å². The Balaban J connectivity index is 2.41. The van der Waals surface area contributed by atoms with E-state index in [0.717, 1.165) is 29.8 Å². The highest BCUT2D eigenvalue weighted by molar-refractivity contribution is 4.84. The highest BCUT2D eigenvalue weighted by atomic mass is 15.0. The third-order valence-electron chi connectivity index (χ3n) is 3.36. The quantitative estimate of drug-likeness (QED) is 0.745. The normalized spacial score (nSPS) is 32.6. The predicted molar refractivity (Wildman–Crippen MR) is 68.0 cm³/mol. The molecule has 0 spiro atoms. The second-order valence-electron chi connectivity index (χ2n) is 6.40. The molecule has 1 heterocycles. The van der Waals surface area contributed by atoms with Crippen LogP contribution < -0.4 is 5.32 Å². The molecule has 0 saturated carbocycles. The highest BCUT2D eigenvalue weighted by Gasteiger charge is 2.26. The maximum Gasteiger partial charge on any atom is 0.00746 e. The molecule has 0 aromatic rings. The lowest BCUT2D eigenvalue weighted by molar-refractivity contribution is 0.213. The van der Waals surface area contributed by atoms with E-state index in [2.05, 4.69) is 39.9 Å². The molecule has 2 unspecified atom stereocenters. The molecule has 1 rings (SSSR count). The summed E-state index contributed by atoms with van der Waals surface area (Å²) in [7, 11) is 0. The molecule has 0 amide bonds. The lowest BCUT2D eigenvalue weighted by Crippen LogP contribution is -2.46. The minimum atomic E-state index is 0.775. The van der Waals surface area contributed by atoms with Crippen molar-refractivity contribution in [3.63, 3.8) is 0 Å². The average molecular weight is 211 g/mol. The molecule has 1 nitrogen and oxygen atoms in total. The van der Waals surface area contributed by atoms with Crippen molar-refractivity contribution in [2.24, 2.45) is 17.8 Å². The van der Waals surface area contributed by atoms with Crippen LogP contribution in [0.5, 0.6) is 0 Å². The van der Waals surface area contributed by atoms with Crippen LogP contribution in [0.25, 0.3) is 0 Å². The van der Waals surface area contributed by atoms with Crippen LogP contribution in [0.3, 0.4) is 0 Å². The molecule has 0 aromatic carbocycles. The van der Waals surface area contributed by atoms with E-state index in [9.17, 15) is 0 Å². The molecule has 15 heavy (non-hydrogen) atoms. The van der Waals surface area contributed by atoms with Gasteiger partial charge in [-0.15, -0.1) is 0 Å². The molecular weight excluding hydrogens is 182 g/mol. The molecular formula is C14H29N. The summed E-state index contributed by atoms with van der Waals surface area (Å²) in [5.41, 5.74) is 0. The molecule has 1 heteroatoms. The van der Waals surface area contributed by atoms with Gasteiger partial charge in [0.1, 0.15) is 0 Å². The summed E-state index contributed by atoms with van der Waals surface area (Å²) in [6.07, 6.45) is 5.46. The van der Waals surface area contributed by atoms with E-state index < -0.39 is 0 Å². The van der Waals surface area contributed by atoms with Crippen LogP contribution in [0, 0.1) is 17.8 Å². The molecule has 0 radical (unpaired) electrons. The molecule has 1 saturated heterocycles. The van der Waals surface area contributed by atoms with Crippen molar-refractivity contribution in [2.45, 2.75) is 72.4 Å². The Labute approximate surface area is 96.0 Å². The summed E-state index contributed by atoms with van der Waals surface area (Å²) in [6, 6.07) is 1.55. The third-order valence-corrected chi connectivity index (χ3v) is 3.36. The van der Waals surface area contributed by atoms with Gasteiger partial charge in [-0.3, -0.25) is 0 Å². The van der Waals surface area contributed by atoms with Crippen LogP contribution >= 0.6 is 0 Å². The monoisotopic (exact) mass is 211 g/mol. The Hall–Kier alpha value is -0.0400. The van der Waals surface area contributed by atoms with E-state index in [4.69, 9.17) is 0 Å². The lowest BCUT2D eigenvalue weighted by Gasteiger charge is -2.36. The smallest absolute Gasteiger partial charge is 0.00746 e. The fraction of sp³-hybridized carbons (Fsp3) is 1.00. The number of hydrogen-bond donors (Lipinski definition) is 1. The Bertz CT molecular complexity index is 152. The van der Waals surface area contributed by atoms with Gasteiger partial charge in [-0.1, -0.05) is 34.6 Å². The highest BCUT2D eigenvalue weighted by Crippen LogP contribution is 2.26. The fourth-order valence-corrected chi connectivity index (χ4v) is 3.00. The Kier molecular flexibility index (Phi) is 5.11. The van der Waals surface area contributed by atoms with Crippen LogP contribution in [-0.4, -0.2) is 12.1 Å². The van der Waals surface area contributed by atoms with E-state index in [-0.39, 0.29) is 0 Å². The zero-order chi connectivity index (χ0) is 11.4. The summed E-state index contributed by atoms with van der Waals surface area (Å²) in [4.78, 5) is 0. The van der Waals surface area contributed by atoms with Crippen LogP contribution in [-0.2, 0) is 0 Å². The van der Waals surface area contributed by atoms with Crippen molar-refractivity contribution < 1.29 is 0 Å². The predicted octanol–water partition coefficient (Wildman–Crippen LogP) is 3.84. The van der Waals surface area contributed by atoms with Gasteiger partial charge in [0.2, 0.25) is 0 Å². The molecule has 2 atom stereocenters. The van der Waals surface area contributed by atoms with E-state index in [1.165, 1.54) is 25.7 Å². The number of hydrogen-bond acceptors (Lipinski definition) is 1. The zero-order valence-electron chi connectivity index (χ0n) is 11.2. The van der Waals surface area contributed by atoms with E-state index in [1.807, 2.05) is 0 Å². The summed E-state index contributed by atoms with van der Waals surface area (Å²) in [5, 5.41) is 3.85. The summed E-state index contributed by atoms with van der Waals surface area (Å²) < 4.78 is 0. The fourth-order valence-electron chi connectivity index (χ4n) is 3.00. The van der Waals surface area contributed by atoms with Gasteiger partial charge in [-0.25, -0.2) is 0 Å². The van der Waals surface area contributed by atoms with Crippen molar-refractivity contribution in [3.8, 4) is 0 Å². The zero-order valence-corrected chi connectivity index (χ0v) is 11.2. The molecule has 90 valence electrons. The minimum Gasteiger partial charge on any atom is -0.311 e. The lowest BCUT2D eigenvalue weighted by atomic mass is 9.83. The van der Waals surface area contributed by atoms with Gasteiger partial charge in [0, 0.05) is 12.1 Å². The standard InChI is InChI=1S/C14H29N/c1-10(2)6-13-8-12(5)9-14(15-13)7-11(3)4/h10-15H,6-9H2,1-5H3. The molecule has 0 aliphatic carbocycles. The Morgan fingerprint density at radius 2 is 1.33 bits per heavy atom. The van der Waals surface area contributed by atoms with Crippen molar-refractivity contribution >= 4 is 0 Å². The van der Waals surface area contributed by atoms with Crippen LogP contribution in [0.4, 0.5) is 0 Å². The largest absolute Gasteiger partial charge is 0.311 e. The first kappa shape index (κ1) is 13.0. The average Bonchev–Trinajstić information content (AvgIpc) is 1.98. The van der Waals surface area contributed by atoms with E-state index >= 15 is 0 Å². The van der Waals surface area contributed by atoms with Crippen LogP contribution in [0.15, 0.2) is 0 Å². The number of piperidine rings is 1. The molecule has 1 aliphatic heterocycles. The third kappa shape index (κ3) is 5.01. The first-order valence-corrected chi connectivity index (χ1v) is 6.73. The first-order chi connectivity index (χ1) is 6.97. The second-order valence-corrected chi connectivity index (χ2v) is 6.40. The van der Waals surface area contributed by atoms with Gasteiger partial charge in [-0.2, -0.15) is 0 Å². The molecule has 1 fully saturated rings. The van der Waals surface area contributed by atoms with Gasteiger partial charge >= 0.3 is 0 Å². The van der Waals surface area contributed by atoms with Gasteiger partial charge in [0.25, 0.3) is 0 Å². The molecule has 1 N–H and O–H groups in total. The van der Waals surface area contributed by atoms with Crippen molar-refractivity contribution in [2.75, 3.05) is 0 Å². The number of nitrogens with one attached hydrogen (secondary N) is 1. The second kappa shape index (κ2) is 5.89. The van der Waals surface area contributed by atoms with Crippen molar-refractivity contribution in [3.05, 3.63) is 0 Å². The molecule has 0 bridgehead atoms. The van der Waals surface area contributed by atoms with E-state index in [1.54, 1.807) is 0 Å². The van der Waals surface area contributed by atoms with Crippen molar-refractivity contribution in [1.29, 1.82) is 0 Å². The maximum atomic E-state index is 3.85. The topological polar surface area (TPSA) is 12.0 Å². The van der Waals surface area contributed by atoms with Gasteiger partial charge < -0.3 is 5.32 Å². The summed E-state index contributed by atoms with van der Waals surface area (Å²) >= 11 is 0. The van der Waals surface area contributed by atoms with Crippen LogP contribution in [0.1, 0.15) is 60.3 Å². The Morgan fingerprint density at radius 3 is 1.67 bits per heavy atom. The summed E-state index contributed by atoms with van der Waals surface area (Å²) in [6.45, 7) is 11.7. The van der Waals surface area contributed by atoms with Crippen molar-refractivity contribution in [1.82, 2.24) is 5.32 Å². The van der Waals surface area contributed by atoms with Crippen LogP contribution in [0.2, 0.25) is 0 Å². The van der Waals surface area contributed by atoms with Gasteiger partial charge in [0.05, 0.1) is 0 Å². The minimum absolute atomic E-state index is 0.775. The number of rotatable bonds is 4. The molecule has 1 aliphatic rings. The van der Waals surface area contributed by atoms with E-state index in [0.29, 0.717) is 0 Å². The SMILES string of the molecule is CC(C)CC1CC(C)CC(CC(C)C)N1. The first-order valence-electron chi connectivity index (χ1n) is 6.73. The van der Waals surface area contributed by atoms with Gasteiger partial charge in [0.15, 0.2) is 0 Å². The summed E-state index contributed by atoms with van der Waals surface area (Å²) in [5.74, 6) is 2.57. The Morgan fingerprint density at radius 1 is 0.933 bits per heavy atom. The maximum absolute atomic E-state index is 3.85. The molecule has 0 aromatic heterocycles.